The van der Waals surface area contributed by atoms with E-state index in [1.54, 1.807) is 11.3 Å². The number of hydrogen-bond acceptors (Lipinski definition) is 6. The molecule has 0 radical (unpaired) electrons. The van der Waals surface area contributed by atoms with Gasteiger partial charge >= 0.3 is 0 Å². The Balaban J connectivity index is 2.39. The van der Waals surface area contributed by atoms with Gasteiger partial charge in [0, 0.05) is 24.5 Å². The zero-order chi connectivity index (χ0) is 15.4. The molecule has 2 aromatic rings. The average Bonchev–Trinajstić information content (AvgIpc) is 2.83. The smallest absolute Gasteiger partial charge is 0.226 e. The van der Waals surface area contributed by atoms with Gasteiger partial charge in [0.1, 0.15) is 10.6 Å². The monoisotopic (exact) mass is 324 g/mol. The van der Waals surface area contributed by atoms with Gasteiger partial charge in [-0.3, -0.25) is 0 Å². The van der Waals surface area contributed by atoms with Crippen LogP contribution in [0.25, 0.3) is 10.2 Å². The van der Waals surface area contributed by atoms with Crippen molar-refractivity contribution in [1.82, 2.24) is 9.97 Å². The summed E-state index contributed by atoms with van der Waals surface area (Å²) < 4.78 is 0. The molecule has 0 amide bonds. The first kappa shape index (κ1) is 16.4. The van der Waals surface area contributed by atoms with Crippen molar-refractivity contribution >= 4 is 45.1 Å². The molecule has 6 heteroatoms. The summed E-state index contributed by atoms with van der Waals surface area (Å²) in [4.78, 5) is 14.0. The minimum Gasteiger partial charge on any atom is -0.356 e. The number of rotatable bonds is 7. The molecule has 4 nitrogen and oxygen atoms in total. The van der Waals surface area contributed by atoms with Crippen LogP contribution in [0.2, 0.25) is 0 Å². The van der Waals surface area contributed by atoms with Crippen LogP contribution in [0.15, 0.2) is 6.07 Å². The lowest BCUT2D eigenvalue weighted by Gasteiger charge is -2.26. The molecule has 1 atom stereocenters. The van der Waals surface area contributed by atoms with Crippen molar-refractivity contribution in [2.45, 2.75) is 33.2 Å². The van der Waals surface area contributed by atoms with E-state index in [9.17, 15) is 0 Å². The SMILES string of the molecule is CCNc1nc(N(C)C(C)CCSC)c2cc(C)sc2n1. The number of aromatic nitrogens is 2. The van der Waals surface area contributed by atoms with Crippen molar-refractivity contribution in [2.75, 3.05) is 35.8 Å². The second-order valence-electron chi connectivity index (χ2n) is 5.22. The molecule has 0 bridgehead atoms. The molecular formula is C15H24N4S2. The predicted octanol–water partition coefficient (Wildman–Crippen LogP) is 4.01. The lowest BCUT2D eigenvalue weighted by molar-refractivity contribution is 0.664. The molecule has 0 fully saturated rings. The van der Waals surface area contributed by atoms with Gasteiger partial charge in [0.15, 0.2) is 0 Å². The van der Waals surface area contributed by atoms with Crippen LogP contribution in [0.3, 0.4) is 0 Å². The molecule has 2 aromatic heterocycles. The molecule has 116 valence electrons. The average molecular weight is 325 g/mol. The van der Waals surface area contributed by atoms with Crippen LogP contribution in [0.1, 0.15) is 25.1 Å². The van der Waals surface area contributed by atoms with Gasteiger partial charge in [-0.15, -0.1) is 11.3 Å². The minimum absolute atomic E-state index is 0.463. The molecule has 21 heavy (non-hydrogen) atoms. The van der Waals surface area contributed by atoms with Crippen molar-refractivity contribution in [3.63, 3.8) is 0 Å². The van der Waals surface area contributed by atoms with Crippen molar-refractivity contribution in [2.24, 2.45) is 0 Å². The van der Waals surface area contributed by atoms with Crippen molar-refractivity contribution < 1.29 is 0 Å². The van der Waals surface area contributed by atoms with Gasteiger partial charge in [0.2, 0.25) is 5.95 Å². The Kier molecular flexibility index (Phi) is 5.70. The van der Waals surface area contributed by atoms with Crippen LogP contribution < -0.4 is 10.2 Å². The van der Waals surface area contributed by atoms with Crippen LogP contribution in [0, 0.1) is 6.92 Å². The third-order valence-corrected chi connectivity index (χ3v) is 5.15. The fraction of sp³-hybridized carbons (Fsp3) is 0.600. The number of thioether (sulfide) groups is 1. The Hall–Kier alpha value is -1.01. The quantitative estimate of drug-likeness (QED) is 0.833. The van der Waals surface area contributed by atoms with Gasteiger partial charge in [0.05, 0.1) is 5.39 Å². The number of fused-ring (bicyclic) bond motifs is 1. The van der Waals surface area contributed by atoms with Gasteiger partial charge in [-0.25, -0.2) is 4.98 Å². The van der Waals surface area contributed by atoms with Gasteiger partial charge in [-0.2, -0.15) is 16.7 Å². The van der Waals surface area contributed by atoms with E-state index < -0.39 is 0 Å². The number of nitrogens with zero attached hydrogens (tertiary/aromatic N) is 3. The number of thiophene rings is 1. The summed E-state index contributed by atoms with van der Waals surface area (Å²) in [5.74, 6) is 2.93. The molecule has 0 spiro atoms. The lowest BCUT2D eigenvalue weighted by atomic mass is 10.2. The Morgan fingerprint density at radius 1 is 1.43 bits per heavy atom. The number of aryl methyl sites for hydroxylation is 1. The summed E-state index contributed by atoms with van der Waals surface area (Å²) >= 11 is 3.62. The standard InChI is InChI=1S/C15H24N4S2/c1-6-16-15-17-13(19(4)10(2)7-8-20-5)12-9-11(3)21-14(12)18-15/h9-10H,6-8H2,1-5H3,(H,16,17,18). The van der Waals surface area contributed by atoms with Crippen molar-refractivity contribution in [3.8, 4) is 0 Å². The minimum atomic E-state index is 0.463. The van der Waals surface area contributed by atoms with Crippen LogP contribution >= 0.6 is 23.1 Å². The van der Waals surface area contributed by atoms with Gasteiger partial charge < -0.3 is 10.2 Å². The Morgan fingerprint density at radius 2 is 2.19 bits per heavy atom. The third-order valence-electron chi connectivity index (χ3n) is 3.57. The maximum Gasteiger partial charge on any atom is 0.226 e. The molecule has 2 heterocycles. The summed E-state index contributed by atoms with van der Waals surface area (Å²) in [6.07, 6.45) is 3.31. The molecule has 1 unspecified atom stereocenters. The van der Waals surface area contributed by atoms with E-state index in [0.717, 1.165) is 34.9 Å². The zero-order valence-electron chi connectivity index (χ0n) is 13.4. The van der Waals surface area contributed by atoms with E-state index in [2.05, 4.69) is 55.3 Å². The highest BCUT2D eigenvalue weighted by molar-refractivity contribution is 7.98. The summed E-state index contributed by atoms with van der Waals surface area (Å²) in [7, 11) is 2.13. The highest BCUT2D eigenvalue weighted by atomic mass is 32.2. The van der Waals surface area contributed by atoms with Gasteiger partial charge in [-0.1, -0.05) is 0 Å². The zero-order valence-corrected chi connectivity index (χ0v) is 15.1. The molecule has 0 aliphatic carbocycles. The largest absolute Gasteiger partial charge is 0.356 e. The first-order chi connectivity index (χ1) is 10.1. The molecule has 0 aliphatic heterocycles. The van der Waals surface area contributed by atoms with Crippen molar-refractivity contribution in [3.05, 3.63) is 10.9 Å². The summed E-state index contributed by atoms with van der Waals surface area (Å²) in [5.41, 5.74) is 0. The van der Waals surface area contributed by atoms with Crippen LogP contribution in [-0.2, 0) is 0 Å². The predicted molar refractivity (Wildman–Crippen MR) is 97.2 cm³/mol. The highest BCUT2D eigenvalue weighted by Gasteiger charge is 2.17. The van der Waals surface area contributed by atoms with Gasteiger partial charge in [0.25, 0.3) is 0 Å². The fourth-order valence-corrected chi connectivity index (χ4v) is 3.67. The van der Waals surface area contributed by atoms with Crippen LogP contribution in [0.4, 0.5) is 11.8 Å². The number of hydrogen-bond donors (Lipinski definition) is 1. The Bertz CT molecular complexity index is 597. The topological polar surface area (TPSA) is 41.1 Å². The number of anilines is 2. The maximum absolute atomic E-state index is 4.74. The van der Waals surface area contributed by atoms with Crippen molar-refractivity contribution in [1.29, 1.82) is 0 Å². The highest BCUT2D eigenvalue weighted by Crippen LogP contribution is 2.32. The first-order valence-electron chi connectivity index (χ1n) is 7.30. The second kappa shape index (κ2) is 7.31. The third kappa shape index (κ3) is 3.80. The summed E-state index contributed by atoms with van der Waals surface area (Å²) in [5, 5.41) is 4.40. The second-order valence-corrected chi connectivity index (χ2v) is 7.44. The fourth-order valence-electron chi connectivity index (χ4n) is 2.22. The first-order valence-corrected chi connectivity index (χ1v) is 9.51. The summed E-state index contributed by atoms with van der Waals surface area (Å²) in [6, 6.07) is 2.66. The molecule has 2 rings (SSSR count). The van der Waals surface area contributed by atoms with E-state index in [4.69, 9.17) is 4.98 Å². The van der Waals surface area contributed by atoms with Crippen LogP contribution in [-0.4, -0.2) is 41.6 Å². The Labute approximate surface area is 135 Å². The van der Waals surface area contributed by atoms with Gasteiger partial charge in [-0.05, 0) is 45.3 Å². The molecular weight excluding hydrogens is 300 g/mol. The van der Waals surface area contributed by atoms with E-state index in [0.29, 0.717) is 6.04 Å². The normalized spacial score (nSPS) is 12.6. The van der Waals surface area contributed by atoms with Crippen LogP contribution in [0.5, 0.6) is 0 Å². The summed E-state index contributed by atoms with van der Waals surface area (Å²) in [6.45, 7) is 7.29. The lowest BCUT2D eigenvalue weighted by Crippen LogP contribution is -2.30. The number of nitrogens with one attached hydrogen (secondary N) is 1. The molecule has 0 aromatic carbocycles. The molecule has 0 saturated heterocycles. The van der Waals surface area contributed by atoms with E-state index in [1.807, 2.05) is 11.8 Å². The maximum atomic E-state index is 4.74. The molecule has 0 saturated carbocycles. The molecule has 0 aliphatic rings. The Morgan fingerprint density at radius 3 is 2.86 bits per heavy atom. The van der Waals surface area contributed by atoms with E-state index in [-0.39, 0.29) is 0 Å². The van der Waals surface area contributed by atoms with E-state index in [1.165, 1.54) is 10.6 Å². The molecule has 1 N–H and O–H groups in total. The van der Waals surface area contributed by atoms with E-state index >= 15 is 0 Å².